The van der Waals surface area contributed by atoms with E-state index in [0.29, 0.717) is 6.10 Å². The normalized spacial score (nSPS) is 16.7. The highest BCUT2D eigenvalue weighted by Gasteiger charge is 2.24. The Kier molecular flexibility index (Phi) is 2.40. The van der Waals surface area contributed by atoms with Gasteiger partial charge >= 0.3 is 0 Å². The van der Waals surface area contributed by atoms with Crippen molar-refractivity contribution in [2.45, 2.75) is 18.9 Å². The monoisotopic (exact) mass is 209 g/mol. The molecule has 1 aromatic rings. The summed E-state index contributed by atoms with van der Waals surface area (Å²) in [5.41, 5.74) is 0. The highest BCUT2D eigenvalue weighted by atomic mass is 31.2. The van der Waals surface area contributed by atoms with Crippen molar-refractivity contribution in [1.29, 1.82) is 0 Å². The molecule has 1 aliphatic rings. The largest absolute Gasteiger partial charge is 0.490 e. The van der Waals surface area contributed by atoms with Gasteiger partial charge in [0.15, 0.2) is 0 Å². The van der Waals surface area contributed by atoms with E-state index in [-0.39, 0.29) is 0 Å². The Morgan fingerprint density at radius 1 is 1.50 bits per heavy atom. The highest BCUT2D eigenvalue weighted by Crippen LogP contribution is 2.36. The number of ether oxygens (including phenoxy) is 1. The molecular formula is C11H14O2P. The van der Waals surface area contributed by atoms with Crippen molar-refractivity contribution in [2.75, 3.05) is 13.3 Å². The Morgan fingerprint density at radius 2 is 2.21 bits per heavy atom. The molecule has 0 saturated heterocycles. The summed E-state index contributed by atoms with van der Waals surface area (Å²) in [7, 11) is -2.17. The van der Waals surface area contributed by atoms with Crippen LogP contribution in [0.1, 0.15) is 12.8 Å². The van der Waals surface area contributed by atoms with Crippen LogP contribution in [0, 0.1) is 6.07 Å². The molecule has 0 spiro atoms. The van der Waals surface area contributed by atoms with Crippen molar-refractivity contribution in [3.63, 3.8) is 0 Å². The molecule has 0 unspecified atom stereocenters. The predicted octanol–water partition coefficient (Wildman–Crippen LogP) is 2.28. The molecule has 2 nitrogen and oxygen atoms in total. The van der Waals surface area contributed by atoms with Crippen LogP contribution in [0.15, 0.2) is 18.2 Å². The first-order valence-corrected chi connectivity index (χ1v) is 7.40. The minimum absolute atomic E-state index is 0.370. The van der Waals surface area contributed by atoms with E-state index < -0.39 is 7.14 Å². The lowest BCUT2D eigenvalue weighted by Crippen LogP contribution is -2.04. The molecule has 0 bridgehead atoms. The van der Waals surface area contributed by atoms with Gasteiger partial charge in [0.1, 0.15) is 12.9 Å². The van der Waals surface area contributed by atoms with Crippen LogP contribution in [0.4, 0.5) is 0 Å². The van der Waals surface area contributed by atoms with E-state index >= 15 is 0 Å². The molecule has 1 radical (unpaired) electrons. The fourth-order valence-corrected chi connectivity index (χ4v) is 2.06. The Balaban J connectivity index is 2.21. The zero-order valence-corrected chi connectivity index (χ0v) is 9.38. The van der Waals surface area contributed by atoms with Crippen LogP contribution in [-0.4, -0.2) is 19.4 Å². The van der Waals surface area contributed by atoms with Gasteiger partial charge in [-0.3, -0.25) is 0 Å². The van der Waals surface area contributed by atoms with Crippen LogP contribution < -0.4 is 10.0 Å². The molecule has 1 fully saturated rings. The Hall–Kier alpha value is -0.750. The molecule has 1 saturated carbocycles. The summed E-state index contributed by atoms with van der Waals surface area (Å²) in [5.74, 6) is 0.730. The molecule has 1 aliphatic carbocycles. The van der Waals surface area contributed by atoms with Gasteiger partial charge in [-0.25, -0.2) is 0 Å². The maximum Gasteiger partial charge on any atom is 0.128 e. The van der Waals surface area contributed by atoms with Gasteiger partial charge in [-0.05, 0) is 38.3 Å². The van der Waals surface area contributed by atoms with Gasteiger partial charge in [0.25, 0.3) is 0 Å². The molecule has 2 rings (SSSR count). The van der Waals surface area contributed by atoms with Crippen molar-refractivity contribution in [2.24, 2.45) is 0 Å². The molecule has 0 atom stereocenters. The smallest absolute Gasteiger partial charge is 0.128 e. The van der Waals surface area contributed by atoms with Crippen LogP contribution in [0.5, 0.6) is 5.75 Å². The zero-order chi connectivity index (χ0) is 10.2. The Bertz CT molecular complexity index is 377. The van der Waals surface area contributed by atoms with E-state index in [4.69, 9.17) is 4.74 Å². The van der Waals surface area contributed by atoms with E-state index in [1.54, 1.807) is 19.4 Å². The van der Waals surface area contributed by atoms with E-state index in [1.807, 2.05) is 12.1 Å². The number of benzene rings is 1. The van der Waals surface area contributed by atoms with Crippen LogP contribution in [0.3, 0.4) is 0 Å². The van der Waals surface area contributed by atoms with Crippen LogP contribution >= 0.6 is 7.14 Å². The topological polar surface area (TPSA) is 26.3 Å². The van der Waals surface area contributed by atoms with Crippen LogP contribution in [0.25, 0.3) is 0 Å². The summed E-state index contributed by atoms with van der Waals surface area (Å²) in [4.78, 5) is 0. The van der Waals surface area contributed by atoms with Gasteiger partial charge in [0, 0.05) is 11.4 Å². The van der Waals surface area contributed by atoms with Crippen molar-refractivity contribution < 1.29 is 9.30 Å². The predicted molar refractivity (Wildman–Crippen MR) is 58.0 cm³/mol. The van der Waals surface area contributed by atoms with Crippen molar-refractivity contribution in [3.8, 4) is 5.75 Å². The summed E-state index contributed by atoms with van der Waals surface area (Å²) >= 11 is 0. The fourth-order valence-electron chi connectivity index (χ4n) is 1.20. The van der Waals surface area contributed by atoms with Crippen molar-refractivity contribution >= 4 is 12.4 Å². The van der Waals surface area contributed by atoms with E-state index in [1.165, 1.54) is 0 Å². The molecule has 0 N–H and O–H groups in total. The molecule has 0 aliphatic heterocycles. The second-order valence-electron chi connectivity index (χ2n) is 4.08. The number of hydrogen-bond acceptors (Lipinski definition) is 2. The van der Waals surface area contributed by atoms with E-state index in [2.05, 4.69) is 6.07 Å². The second kappa shape index (κ2) is 3.43. The molecule has 14 heavy (non-hydrogen) atoms. The molecule has 0 heterocycles. The first-order valence-electron chi connectivity index (χ1n) is 4.79. The Labute approximate surface area is 84.7 Å². The number of hydrogen-bond donors (Lipinski definition) is 0. The highest BCUT2D eigenvalue weighted by molar-refractivity contribution is 7.70. The molecule has 0 aromatic heterocycles. The summed E-state index contributed by atoms with van der Waals surface area (Å²) in [6.45, 7) is 3.53. The average molecular weight is 209 g/mol. The third kappa shape index (κ3) is 2.39. The van der Waals surface area contributed by atoms with E-state index in [9.17, 15) is 4.57 Å². The maximum absolute atomic E-state index is 11.8. The minimum Gasteiger partial charge on any atom is -0.490 e. The quantitative estimate of drug-likeness (QED) is 0.714. The van der Waals surface area contributed by atoms with Gasteiger partial charge in [-0.1, -0.05) is 6.07 Å². The third-order valence-corrected chi connectivity index (χ3v) is 3.72. The SMILES string of the molecule is CP(C)(=O)c1cc[c]c(OC2CC2)c1. The second-order valence-corrected chi connectivity index (χ2v) is 7.30. The standard InChI is InChI=1S/C11H14O2P/c1-14(2,12)11-5-3-4-10(8-11)13-9-6-7-9/h3,5,8-9H,6-7H2,1-2H3. The zero-order valence-electron chi connectivity index (χ0n) is 8.49. The van der Waals surface area contributed by atoms with Gasteiger partial charge in [0.05, 0.1) is 6.10 Å². The summed E-state index contributed by atoms with van der Waals surface area (Å²) in [5, 5.41) is 0.868. The maximum atomic E-state index is 11.8. The third-order valence-electron chi connectivity index (χ3n) is 2.20. The summed E-state index contributed by atoms with van der Waals surface area (Å²) < 4.78 is 17.4. The first kappa shape index (κ1) is 9.79. The van der Waals surface area contributed by atoms with Gasteiger partial charge in [0.2, 0.25) is 0 Å². The van der Waals surface area contributed by atoms with Crippen LogP contribution in [-0.2, 0) is 4.57 Å². The minimum atomic E-state index is -2.17. The lowest BCUT2D eigenvalue weighted by molar-refractivity contribution is 0.303. The van der Waals surface area contributed by atoms with Crippen molar-refractivity contribution in [3.05, 3.63) is 24.3 Å². The molecule has 1 aromatic carbocycles. The molecule has 0 amide bonds. The molecular weight excluding hydrogens is 195 g/mol. The lowest BCUT2D eigenvalue weighted by atomic mass is 10.3. The van der Waals surface area contributed by atoms with Crippen LogP contribution in [0.2, 0.25) is 0 Å². The van der Waals surface area contributed by atoms with Crippen molar-refractivity contribution in [1.82, 2.24) is 0 Å². The Morgan fingerprint density at radius 3 is 2.79 bits per heavy atom. The van der Waals surface area contributed by atoms with Gasteiger partial charge in [-0.2, -0.15) is 0 Å². The van der Waals surface area contributed by atoms with E-state index in [0.717, 1.165) is 23.9 Å². The summed E-state index contributed by atoms with van der Waals surface area (Å²) in [6, 6.07) is 8.49. The molecule has 3 heteroatoms. The summed E-state index contributed by atoms with van der Waals surface area (Å²) in [6.07, 6.45) is 2.64. The number of rotatable bonds is 3. The van der Waals surface area contributed by atoms with Gasteiger partial charge < -0.3 is 9.30 Å². The lowest BCUT2D eigenvalue weighted by Gasteiger charge is -2.09. The fraction of sp³-hybridized carbons (Fsp3) is 0.455. The first-order chi connectivity index (χ1) is 6.55. The average Bonchev–Trinajstić information content (AvgIpc) is 2.87. The molecule has 75 valence electrons. The van der Waals surface area contributed by atoms with Gasteiger partial charge in [-0.15, -0.1) is 0 Å².